The Morgan fingerprint density at radius 3 is 2.83 bits per heavy atom. The van der Waals surface area contributed by atoms with E-state index in [1.165, 1.54) is 24.8 Å². The van der Waals surface area contributed by atoms with Gasteiger partial charge in [-0.1, -0.05) is 36.8 Å². The van der Waals surface area contributed by atoms with Gasteiger partial charge in [-0.05, 0) is 43.7 Å². The second-order valence-electron chi connectivity index (χ2n) is 7.24. The summed E-state index contributed by atoms with van der Waals surface area (Å²) in [5, 5.41) is 3.19. The maximum absolute atomic E-state index is 12.3. The molecule has 2 saturated heterocycles. The first kappa shape index (κ1) is 17.4. The van der Waals surface area contributed by atoms with Crippen molar-refractivity contribution in [3.8, 4) is 0 Å². The van der Waals surface area contributed by atoms with E-state index in [1.54, 1.807) is 0 Å². The van der Waals surface area contributed by atoms with Crippen LogP contribution in [0, 0.1) is 11.8 Å². The SMILES string of the molecule is O=C(NCC1CCCCN(Cc2ccccc2)C1)C1CCCOC1. The molecule has 1 aromatic carbocycles. The van der Waals surface area contributed by atoms with Crippen molar-refractivity contribution in [2.24, 2.45) is 11.8 Å². The van der Waals surface area contributed by atoms with Crippen LogP contribution < -0.4 is 5.32 Å². The smallest absolute Gasteiger partial charge is 0.225 e. The number of carbonyl (C=O) groups is 1. The molecule has 3 rings (SSSR count). The fourth-order valence-corrected chi connectivity index (χ4v) is 3.80. The van der Waals surface area contributed by atoms with E-state index in [2.05, 4.69) is 40.5 Å². The fourth-order valence-electron chi connectivity index (χ4n) is 3.80. The molecule has 0 aromatic heterocycles. The molecular weight excluding hydrogens is 300 g/mol. The van der Waals surface area contributed by atoms with E-state index in [0.29, 0.717) is 12.5 Å². The number of nitrogens with zero attached hydrogens (tertiary/aromatic N) is 1. The highest BCUT2D eigenvalue weighted by Crippen LogP contribution is 2.19. The number of benzene rings is 1. The third-order valence-corrected chi connectivity index (χ3v) is 5.20. The first-order chi connectivity index (χ1) is 11.8. The summed E-state index contributed by atoms with van der Waals surface area (Å²) in [6, 6.07) is 10.7. The summed E-state index contributed by atoms with van der Waals surface area (Å²) in [5.74, 6) is 0.808. The molecule has 4 heteroatoms. The lowest BCUT2D eigenvalue weighted by Crippen LogP contribution is -2.40. The van der Waals surface area contributed by atoms with E-state index in [9.17, 15) is 4.79 Å². The van der Waals surface area contributed by atoms with Gasteiger partial charge in [-0.25, -0.2) is 0 Å². The Morgan fingerprint density at radius 2 is 2.04 bits per heavy atom. The number of rotatable bonds is 5. The minimum Gasteiger partial charge on any atom is -0.381 e. The number of carbonyl (C=O) groups excluding carboxylic acids is 1. The van der Waals surface area contributed by atoms with E-state index < -0.39 is 0 Å². The second-order valence-corrected chi connectivity index (χ2v) is 7.24. The monoisotopic (exact) mass is 330 g/mol. The van der Waals surface area contributed by atoms with Crippen LogP contribution in [0.25, 0.3) is 0 Å². The standard InChI is InChI=1S/C20H30N2O2/c23-20(19-10-6-12-24-16-19)21-13-18-9-4-5-11-22(15-18)14-17-7-2-1-3-8-17/h1-3,7-8,18-19H,4-6,9-16H2,(H,21,23). The van der Waals surface area contributed by atoms with Crippen molar-refractivity contribution in [2.75, 3.05) is 32.8 Å². The zero-order chi connectivity index (χ0) is 16.6. The van der Waals surface area contributed by atoms with Crippen molar-refractivity contribution < 1.29 is 9.53 Å². The molecule has 1 aromatic rings. The number of nitrogens with one attached hydrogen (secondary N) is 1. The molecule has 2 heterocycles. The first-order valence-corrected chi connectivity index (χ1v) is 9.43. The summed E-state index contributed by atoms with van der Waals surface area (Å²) in [6.45, 7) is 5.46. The molecule has 24 heavy (non-hydrogen) atoms. The van der Waals surface area contributed by atoms with Crippen LogP contribution in [0.4, 0.5) is 0 Å². The molecule has 0 radical (unpaired) electrons. The van der Waals surface area contributed by atoms with E-state index in [-0.39, 0.29) is 11.8 Å². The predicted octanol–water partition coefficient (Wildman–Crippen LogP) is 2.83. The first-order valence-electron chi connectivity index (χ1n) is 9.43. The highest BCUT2D eigenvalue weighted by Gasteiger charge is 2.23. The number of ether oxygens (including phenoxy) is 1. The van der Waals surface area contributed by atoms with Gasteiger partial charge in [0.25, 0.3) is 0 Å². The number of hydrogen-bond acceptors (Lipinski definition) is 3. The quantitative estimate of drug-likeness (QED) is 0.903. The van der Waals surface area contributed by atoms with Gasteiger partial charge in [-0.15, -0.1) is 0 Å². The summed E-state index contributed by atoms with van der Waals surface area (Å²) in [4.78, 5) is 14.8. The van der Waals surface area contributed by atoms with Crippen molar-refractivity contribution in [3.63, 3.8) is 0 Å². The molecule has 2 unspecified atom stereocenters. The third kappa shape index (κ3) is 5.32. The molecule has 132 valence electrons. The Balaban J connectivity index is 1.46. The van der Waals surface area contributed by atoms with E-state index in [1.807, 2.05) is 0 Å². The number of hydrogen-bond donors (Lipinski definition) is 1. The Labute approximate surface area is 145 Å². The van der Waals surface area contributed by atoms with Gasteiger partial charge in [0.2, 0.25) is 5.91 Å². The molecule has 2 atom stereocenters. The molecule has 0 bridgehead atoms. The summed E-state index contributed by atoms with van der Waals surface area (Å²) in [6.07, 6.45) is 5.71. The van der Waals surface area contributed by atoms with Crippen LogP contribution in [0.15, 0.2) is 30.3 Å². The number of amides is 1. The van der Waals surface area contributed by atoms with Crippen molar-refractivity contribution in [1.29, 1.82) is 0 Å². The Morgan fingerprint density at radius 1 is 1.17 bits per heavy atom. The largest absolute Gasteiger partial charge is 0.381 e. The highest BCUT2D eigenvalue weighted by atomic mass is 16.5. The van der Waals surface area contributed by atoms with Gasteiger partial charge in [0.05, 0.1) is 12.5 Å². The van der Waals surface area contributed by atoms with Crippen molar-refractivity contribution in [3.05, 3.63) is 35.9 Å². The topological polar surface area (TPSA) is 41.6 Å². The molecule has 2 aliphatic rings. The zero-order valence-corrected chi connectivity index (χ0v) is 14.6. The van der Waals surface area contributed by atoms with Crippen molar-refractivity contribution in [1.82, 2.24) is 10.2 Å². The van der Waals surface area contributed by atoms with Crippen LogP contribution in [0.1, 0.15) is 37.7 Å². The fraction of sp³-hybridized carbons (Fsp3) is 0.650. The zero-order valence-electron chi connectivity index (χ0n) is 14.6. The molecule has 1 N–H and O–H groups in total. The number of likely N-dealkylation sites (tertiary alicyclic amines) is 1. The lowest BCUT2D eigenvalue weighted by Gasteiger charge is -2.26. The van der Waals surface area contributed by atoms with Crippen LogP contribution in [-0.4, -0.2) is 43.7 Å². The molecule has 2 aliphatic heterocycles. The van der Waals surface area contributed by atoms with Crippen LogP contribution in [0.3, 0.4) is 0 Å². The normalized spacial score (nSPS) is 25.8. The predicted molar refractivity (Wildman–Crippen MR) is 95.6 cm³/mol. The summed E-state index contributed by atoms with van der Waals surface area (Å²) in [5.41, 5.74) is 1.38. The van der Waals surface area contributed by atoms with E-state index in [4.69, 9.17) is 4.74 Å². The van der Waals surface area contributed by atoms with Gasteiger partial charge < -0.3 is 10.1 Å². The second kappa shape index (κ2) is 9.19. The lowest BCUT2D eigenvalue weighted by atomic mass is 10.00. The van der Waals surface area contributed by atoms with Crippen molar-refractivity contribution in [2.45, 2.75) is 38.6 Å². The summed E-state index contributed by atoms with van der Waals surface area (Å²) < 4.78 is 5.43. The maximum Gasteiger partial charge on any atom is 0.225 e. The van der Waals surface area contributed by atoms with Crippen LogP contribution >= 0.6 is 0 Å². The maximum atomic E-state index is 12.3. The van der Waals surface area contributed by atoms with Gasteiger partial charge >= 0.3 is 0 Å². The Kier molecular flexibility index (Phi) is 6.67. The van der Waals surface area contributed by atoms with E-state index in [0.717, 1.165) is 45.6 Å². The molecule has 4 nitrogen and oxygen atoms in total. The lowest BCUT2D eigenvalue weighted by molar-refractivity contribution is -0.129. The Hall–Kier alpha value is -1.39. The average Bonchev–Trinajstić information content (AvgIpc) is 2.86. The van der Waals surface area contributed by atoms with Gasteiger partial charge in [0, 0.05) is 26.2 Å². The van der Waals surface area contributed by atoms with Crippen LogP contribution in [0.2, 0.25) is 0 Å². The minimum absolute atomic E-state index is 0.0601. The van der Waals surface area contributed by atoms with Crippen molar-refractivity contribution >= 4 is 5.91 Å². The average molecular weight is 330 g/mol. The highest BCUT2D eigenvalue weighted by molar-refractivity contribution is 5.78. The summed E-state index contributed by atoms with van der Waals surface area (Å²) in [7, 11) is 0. The van der Waals surface area contributed by atoms with Gasteiger partial charge in [0.15, 0.2) is 0 Å². The molecule has 1 amide bonds. The minimum atomic E-state index is 0.0601. The molecule has 0 spiro atoms. The van der Waals surface area contributed by atoms with Crippen LogP contribution in [-0.2, 0) is 16.1 Å². The molecule has 0 saturated carbocycles. The summed E-state index contributed by atoms with van der Waals surface area (Å²) >= 11 is 0. The van der Waals surface area contributed by atoms with Crippen LogP contribution in [0.5, 0.6) is 0 Å². The third-order valence-electron chi connectivity index (χ3n) is 5.20. The van der Waals surface area contributed by atoms with E-state index >= 15 is 0 Å². The molecule has 2 fully saturated rings. The van der Waals surface area contributed by atoms with Gasteiger partial charge in [0.1, 0.15) is 0 Å². The molecular formula is C20H30N2O2. The molecule has 0 aliphatic carbocycles. The van der Waals surface area contributed by atoms with Gasteiger partial charge in [-0.3, -0.25) is 9.69 Å². The Bertz CT molecular complexity index is 500. The van der Waals surface area contributed by atoms with Gasteiger partial charge in [-0.2, -0.15) is 0 Å².